The predicted octanol–water partition coefficient (Wildman–Crippen LogP) is 4.63. The van der Waals surface area contributed by atoms with Crippen LogP contribution in [-0.2, 0) is 5.60 Å². The minimum absolute atomic E-state index is 0.0494. The second-order valence-corrected chi connectivity index (χ2v) is 7.32. The number of hydrogen-bond acceptors (Lipinski definition) is 4. The quantitative estimate of drug-likeness (QED) is 0.700. The Labute approximate surface area is 161 Å². The van der Waals surface area contributed by atoms with Crippen LogP contribution in [0.4, 0.5) is 0 Å². The van der Waals surface area contributed by atoms with Gasteiger partial charge in [-0.2, -0.15) is 0 Å². The van der Waals surface area contributed by atoms with E-state index in [1.165, 1.54) is 7.05 Å². The maximum atomic E-state index is 13.1. The molecule has 1 amide bonds. The van der Waals surface area contributed by atoms with Gasteiger partial charge in [-0.25, -0.2) is 0 Å². The molecule has 0 unspecified atom stereocenters. The van der Waals surface area contributed by atoms with Crippen LogP contribution in [0.3, 0.4) is 0 Å². The maximum absolute atomic E-state index is 13.1. The van der Waals surface area contributed by atoms with E-state index in [0.29, 0.717) is 32.9 Å². The lowest BCUT2D eigenvalue weighted by molar-refractivity contribution is 0.0507. The van der Waals surface area contributed by atoms with Crippen LogP contribution in [0.2, 0.25) is 5.02 Å². The Morgan fingerprint density at radius 2 is 1.89 bits per heavy atom. The van der Waals surface area contributed by atoms with E-state index in [1.807, 2.05) is 19.1 Å². The number of ether oxygens (including phenoxy) is 1. The molecule has 138 valence electrons. The highest BCUT2D eigenvalue weighted by atomic mass is 35.5. The van der Waals surface area contributed by atoms with E-state index in [2.05, 4.69) is 5.32 Å². The van der Waals surface area contributed by atoms with Crippen LogP contribution in [0.5, 0.6) is 5.75 Å². The van der Waals surface area contributed by atoms with E-state index < -0.39 is 5.60 Å². The summed E-state index contributed by atoms with van der Waals surface area (Å²) >= 11 is 5.98. The van der Waals surface area contributed by atoms with E-state index in [1.54, 1.807) is 31.2 Å². The summed E-state index contributed by atoms with van der Waals surface area (Å²) in [6.07, 6.45) is 0.181. The number of benzene rings is 2. The number of amides is 1. The number of rotatable bonds is 2. The SMILES string of the molecule is CNC(=O)c1oc2ccc3c(c2c1C)C(=O)C[C@](C)(c1ccc(Cl)cc1)O3. The van der Waals surface area contributed by atoms with Gasteiger partial charge in [0.2, 0.25) is 0 Å². The predicted molar refractivity (Wildman–Crippen MR) is 103 cm³/mol. The van der Waals surface area contributed by atoms with Gasteiger partial charge in [-0.05, 0) is 43.7 Å². The molecule has 1 aliphatic rings. The number of carbonyl (C=O) groups excluding carboxylic acids is 2. The molecule has 2 aromatic carbocycles. The number of halogens is 1. The van der Waals surface area contributed by atoms with Crippen LogP contribution in [0.15, 0.2) is 40.8 Å². The number of Topliss-reactive ketones (excluding diaryl/α,β-unsaturated/α-hetero) is 1. The fourth-order valence-corrected chi connectivity index (χ4v) is 3.78. The summed E-state index contributed by atoms with van der Waals surface area (Å²) in [5.41, 5.74) is 1.69. The number of ketones is 1. The molecule has 5 nitrogen and oxygen atoms in total. The summed E-state index contributed by atoms with van der Waals surface area (Å²) in [6, 6.07) is 10.8. The third-order valence-corrected chi connectivity index (χ3v) is 5.31. The summed E-state index contributed by atoms with van der Waals surface area (Å²) in [5, 5.41) is 3.81. The van der Waals surface area contributed by atoms with Crippen molar-refractivity contribution in [3.8, 4) is 5.75 Å². The molecule has 0 bridgehead atoms. The fraction of sp³-hybridized carbons (Fsp3) is 0.238. The first-order chi connectivity index (χ1) is 12.8. The first-order valence-corrected chi connectivity index (χ1v) is 8.98. The Hall–Kier alpha value is -2.79. The number of hydrogen-bond donors (Lipinski definition) is 1. The van der Waals surface area contributed by atoms with Gasteiger partial charge in [-0.1, -0.05) is 23.7 Å². The first-order valence-electron chi connectivity index (χ1n) is 8.60. The largest absolute Gasteiger partial charge is 0.482 e. The molecule has 3 aromatic rings. The Morgan fingerprint density at radius 1 is 1.19 bits per heavy atom. The number of fused-ring (bicyclic) bond motifs is 3. The van der Waals surface area contributed by atoms with Crippen molar-refractivity contribution >= 4 is 34.3 Å². The molecule has 0 spiro atoms. The molecule has 1 N–H and O–H groups in total. The Bertz CT molecular complexity index is 1080. The second kappa shape index (κ2) is 6.13. The van der Waals surface area contributed by atoms with Crippen molar-refractivity contribution < 1.29 is 18.7 Å². The molecule has 1 aromatic heterocycles. The lowest BCUT2D eigenvalue weighted by Gasteiger charge is -2.35. The average molecular weight is 384 g/mol. The zero-order valence-corrected chi connectivity index (χ0v) is 15.9. The van der Waals surface area contributed by atoms with Crippen molar-refractivity contribution in [1.82, 2.24) is 5.32 Å². The molecule has 0 saturated heterocycles. The highest BCUT2D eigenvalue weighted by molar-refractivity contribution is 6.30. The molecule has 1 atom stereocenters. The molecule has 0 fully saturated rings. The van der Waals surface area contributed by atoms with Gasteiger partial charge in [0.1, 0.15) is 16.9 Å². The van der Waals surface area contributed by atoms with Crippen molar-refractivity contribution in [2.24, 2.45) is 0 Å². The lowest BCUT2D eigenvalue weighted by atomic mass is 9.84. The van der Waals surface area contributed by atoms with Crippen LogP contribution in [0.1, 0.15) is 45.4 Å². The highest BCUT2D eigenvalue weighted by Crippen LogP contribution is 2.44. The van der Waals surface area contributed by atoms with Crippen molar-refractivity contribution in [3.63, 3.8) is 0 Å². The molecule has 0 saturated carbocycles. The van der Waals surface area contributed by atoms with Gasteiger partial charge < -0.3 is 14.5 Å². The van der Waals surface area contributed by atoms with Crippen LogP contribution in [0, 0.1) is 6.92 Å². The van der Waals surface area contributed by atoms with E-state index in [-0.39, 0.29) is 23.9 Å². The van der Waals surface area contributed by atoms with Crippen molar-refractivity contribution in [2.75, 3.05) is 7.05 Å². The van der Waals surface area contributed by atoms with E-state index in [4.69, 9.17) is 20.8 Å². The number of furan rings is 1. The summed E-state index contributed by atoms with van der Waals surface area (Å²) in [7, 11) is 1.54. The van der Waals surface area contributed by atoms with Gasteiger partial charge in [-0.15, -0.1) is 0 Å². The van der Waals surface area contributed by atoms with Crippen molar-refractivity contribution in [3.05, 3.63) is 63.9 Å². The molecular weight excluding hydrogens is 366 g/mol. The standard InChI is InChI=1S/C21H18ClNO4/c1-11-17-15(26-19(11)20(25)23-3)8-9-16-18(17)14(24)10-21(2,27-16)12-4-6-13(22)7-5-12/h4-9H,10H2,1-3H3,(H,23,25)/t21-/m1/s1. The van der Waals surface area contributed by atoms with Crippen molar-refractivity contribution in [2.45, 2.75) is 25.9 Å². The zero-order chi connectivity index (χ0) is 19.3. The molecule has 4 rings (SSSR count). The molecule has 0 radical (unpaired) electrons. The van der Waals surface area contributed by atoms with Gasteiger partial charge in [-0.3, -0.25) is 9.59 Å². The lowest BCUT2D eigenvalue weighted by Crippen LogP contribution is -2.36. The number of nitrogens with one attached hydrogen (secondary N) is 1. The van der Waals surface area contributed by atoms with Gasteiger partial charge in [0, 0.05) is 23.0 Å². The minimum atomic E-state index is -0.788. The van der Waals surface area contributed by atoms with E-state index in [0.717, 1.165) is 5.56 Å². The second-order valence-electron chi connectivity index (χ2n) is 6.89. The van der Waals surface area contributed by atoms with Gasteiger partial charge in [0.25, 0.3) is 5.91 Å². The minimum Gasteiger partial charge on any atom is -0.482 e. The topological polar surface area (TPSA) is 68.5 Å². The third-order valence-electron chi connectivity index (χ3n) is 5.06. The first kappa shape index (κ1) is 17.6. The summed E-state index contributed by atoms with van der Waals surface area (Å²) < 4.78 is 12.0. The number of aryl methyl sites for hydroxylation is 1. The number of carbonyl (C=O) groups is 2. The van der Waals surface area contributed by atoms with E-state index >= 15 is 0 Å². The molecule has 1 aliphatic heterocycles. The van der Waals surface area contributed by atoms with E-state index in [9.17, 15) is 9.59 Å². The molecular formula is C21H18ClNO4. The monoisotopic (exact) mass is 383 g/mol. The molecule has 6 heteroatoms. The molecule has 2 heterocycles. The maximum Gasteiger partial charge on any atom is 0.287 e. The Morgan fingerprint density at radius 3 is 2.56 bits per heavy atom. The Balaban J connectivity index is 1.86. The summed E-state index contributed by atoms with van der Waals surface area (Å²) in [5.74, 6) is 0.322. The van der Waals surface area contributed by atoms with Crippen LogP contribution >= 0.6 is 11.6 Å². The average Bonchev–Trinajstić information content (AvgIpc) is 2.98. The van der Waals surface area contributed by atoms with Crippen LogP contribution in [-0.4, -0.2) is 18.7 Å². The fourth-order valence-electron chi connectivity index (χ4n) is 3.65. The van der Waals surface area contributed by atoms with Gasteiger partial charge in [0.15, 0.2) is 11.5 Å². The van der Waals surface area contributed by atoms with Crippen LogP contribution < -0.4 is 10.1 Å². The summed E-state index contributed by atoms with van der Waals surface area (Å²) in [4.78, 5) is 25.1. The molecule has 27 heavy (non-hydrogen) atoms. The molecule has 0 aliphatic carbocycles. The zero-order valence-electron chi connectivity index (χ0n) is 15.2. The third kappa shape index (κ3) is 2.70. The van der Waals surface area contributed by atoms with Gasteiger partial charge in [0.05, 0.1) is 12.0 Å². The van der Waals surface area contributed by atoms with Gasteiger partial charge >= 0.3 is 0 Å². The smallest absolute Gasteiger partial charge is 0.287 e. The highest BCUT2D eigenvalue weighted by Gasteiger charge is 2.40. The normalized spacial score (nSPS) is 18.9. The summed E-state index contributed by atoms with van der Waals surface area (Å²) in [6.45, 7) is 3.66. The van der Waals surface area contributed by atoms with Crippen molar-refractivity contribution in [1.29, 1.82) is 0 Å². The van der Waals surface area contributed by atoms with Crippen LogP contribution in [0.25, 0.3) is 11.0 Å². The Kier molecular flexibility index (Phi) is 4.00.